The zero-order valence-corrected chi connectivity index (χ0v) is 18.1. The summed E-state index contributed by atoms with van der Waals surface area (Å²) in [6.45, 7) is 12.2. The predicted octanol–water partition coefficient (Wildman–Crippen LogP) is 5.77. The molecule has 3 aromatic rings. The Balaban J connectivity index is 2.18. The van der Waals surface area contributed by atoms with Crippen LogP contribution in [0.2, 0.25) is 0 Å². The van der Waals surface area contributed by atoms with Crippen LogP contribution >= 0.6 is 0 Å². The number of hydrogen-bond acceptors (Lipinski definition) is 3. The lowest BCUT2D eigenvalue weighted by molar-refractivity contribution is 0.0919. The molecule has 4 heteroatoms. The van der Waals surface area contributed by atoms with Crippen molar-refractivity contribution in [3.8, 4) is 22.3 Å². The molecule has 0 unspecified atom stereocenters. The Morgan fingerprint density at radius 3 is 2.24 bits per heavy atom. The Morgan fingerprint density at radius 1 is 0.966 bits per heavy atom. The van der Waals surface area contributed by atoms with Gasteiger partial charge in [0, 0.05) is 22.9 Å². The lowest BCUT2D eigenvalue weighted by Gasteiger charge is -2.21. The summed E-state index contributed by atoms with van der Waals surface area (Å²) < 4.78 is 0. The average Bonchev–Trinajstić information content (AvgIpc) is 2.67. The van der Waals surface area contributed by atoms with Gasteiger partial charge in [-0.25, -0.2) is 9.97 Å². The van der Waals surface area contributed by atoms with Gasteiger partial charge >= 0.3 is 0 Å². The summed E-state index contributed by atoms with van der Waals surface area (Å²) in [5, 5.41) is 3.07. The van der Waals surface area contributed by atoms with Gasteiger partial charge in [0.1, 0.15) is 6.33 Å². The molecule has 0 saturated heterocycles. The van der Waals surface area contributed by atoms with E-state index < -0.39 is 0 Å². The molecular formula is C25H29N3O. The van der Waals surface area contributed by atoms with E-state index in [0.29, 0.717) is 5.56 Å². The van der Waals surface area contributed by atoms with Gasteiger partial charge in [-0.2, -0.15) is 0 Å². The quantitative estimate of drug-likeness (QED) is 0.618. The molecule has 0 saturated carbocycles. The van der Waals surface area contributed by atoms with Gasteiger partial charge in [-0.15, -0.1) is 0 Å². The minimum Gasteiger partial charge on any atom is -0.347 e. The molecule has 1 aromatic heterocycles. The van der Waals surface area contributed by atoms with Crippen molar-refractivity contribution < 1.29 is 4.79 Å². The standard InChI is InChI=1S/C25H29N3O/c1-16(2)23-22(14-26-15-27-23)20-11-19(18-9-7-17(3)8-10-18)12-21(13-20)24(29)28-25(4,5)6/h7-16H,1-6H3,(H,28,29). The van der Waals surface area contributed by atoms with Crippen molar-refractivity contribution in [1.29, 1.82) is 0 Å². The van der Waals surface area contributed by atoms with E-state index in [4.69, 9.17) is 0 Å². The third-order valence-corrected chi connectivity index (χ3v) is 4.67. The molecule has 29 heavy (non-hydrogen) atoms. The summed E-state index contributed by atoms with van der Waals surface area (Å²) in [7, 11) is 0. The maximum atomic E-state index is 13.0. The molecule has 0 aliphatic rings. The number of nitrogens with one attached hydrogen (secondary N) is 1. The van der Waals surface area contributed by atoms with E-state index in [1.54, 1.807) is 6.33 Å². The van der Waals surface area contributed by atoms with E-state index >= 15 is 0 Å². The number of benzene rings is 2. The zero-order chi connectivity index (χ0) is 21.2. The number of amides is 1. The van der Waals surface area contributed by atoms with Crippen LogP contribution in [0.15, 0.2) is 55.0 Å². The van der Waals surface area contributed by atoms with Crippen LogP contribution < -0.4 is 5.32 Å². The van der Waals surface area contributed by atoms with Gasteiger partial charge in [0.2, 0.25) is 0 Å². The maximum absolute atomic E-state index is 13.0. The molecule has 4 nitrogen and oxygen atoms in total. The molecule has 0 aliphatic heterocycles. The Morgan fingerprint density at radius 2 is 1.62 bits per heavy atom. The van der Waals surface area contributed by atoms with Gasteiger partial charge in [0.25, 0.3) is 5.91 Å². The second kappa shape index (κ2) is 8.16. The van der Waals surface area contributed by atoms with Crippen LogP contribution in [0.25, 0.3) is 22.3 Å². The number of aryl methyl sites for hydroxylation is 1. The van der Waals surface area contributed by atoms with Crippen LogP contribution in [0.3, 0.4) is 0 Å². The molecule has 150 valence electrons. The van der Waals surface area contributed by atoms with E-state index in [1.165, 1.54) is 5.56 Å². The highest BCUT2D eigenvalue weighted by atomic mass is 16.1. The van der Waals surface area contributed by atoms with E-state index in [-0.39, 0.29) is 17.4 Å². The predicted molar refractivity (Wildman–Crippen MR) is 119 cm³/mol. The van der Waals surface area contributed by atoms with Crippen molar-refractivity contribution in [3.63, 3.8) is 0 Å². The topological polar surface area (TPSA) is 54.9 Å². The number of nitrogens with zero attached hydrogens (tertiary/aromatic N) is 2. The van der Waals surface area contributed by atoms with Gasteiger partial charge in [-0.05, 0) is 68.5 Å². The highest BCUT2D eigenvalue weighted by Crippen LogP contribution is 2.32. The number of hydrogen-bond donors (Lipinski definition) is 1. The Labute approximate surface area is 173 Å². The largest absolute Gasteiger partial charge is 0.347 e. The molecule has 1 N–H and O–H groups in total. The van der Waals surface area contributed by atoms with Gasteiger partial charge in [-0.3, -0.25) is 4.79 Å². The monoisotopic (exact) mass is 387 g/mol. The smallest absolute Gasteiger partial charge is 0.251 e. The van der Waals surface area contributed by atoms with Crippen LogP contribution in [0.4, 0.5) is 0 Å². The maximum Gasteiger partial charge on any atom is 0.251 e. The molecule has 3 rings (SSSR count). The normalized spacial score (nSPS) is 11.6. The van der Waals surface area contributed by atoms with Crippen LogP contribution in [0.1, 0.15) is 62.2 Å². The van der Waals surface area contributed by atoms with Crippen molar-refractivity contribution >= 4 is 5.91 Å². The third-order valence-electron chi connectivity index (χ3n) is 4.67. The van der Waals surface area contributed by atoms with E-state index in [9.17, 15) is 4.79 Å². The number of carbonyl (C=O) groups is 1. The highest BCUT2D eigenvalue weighted by molar-refractivity contribution is 5.97. The van der Waals surface area contributed by atoms with Crippen LogP contribution in [-0.4, -0.2) is 21.4 Å². The average molecular weight is 388 g/mol. The zero-order valence-electron chi connectivity index (χ0n) is 18.1. The first-order valence-electron chi connectivity index (χ1n) is 9.99. The van der Waals surface area contributed by atoms with Crippen molar-refractivity contribution in [2.45, 2.75) is 53.0 Å². The Hall–Kier alpha value is -3.01. The van der Waals surface area contributed by atoms with Crippen molar-refractivity contribution in [2.24, 2.45) is 0 Å². The Bertz CT molecular complexity index is 1010. The molecule has 1 heterocycles. The molecule has 0 radical (unpaired) electrons. The number of aromatic nitrogens is 2. The molecule has 0 atom stereocenters. The first-order chi connectivity index (χ1) is 13.6. The summed E-state index contributed by atoms with van der Waals surface area (Å²) in [5.41, 5.74) is 6.48. The fourth-order valence-electron chi connectivity index (χ4n) is 3.26. The molecule has 0 aliphatic carbocycles. The lowest BCUT2D eigenvalue weighted by Crippen LogP contribution is -2.40. The first kappa shape index (κ1) is 20.7. The van der Waals surface area contributed by atoms with Crippen LogP contribution in [0, 0.1) is 6.92 Å². The SMILES string of the molecule is Cc1ccc(-c2cc(C(=O)NC(C)(C)C)cc(-c3cncnc3C(C)C)c2)cc1. The molecule has 0 spiro atoms. The van der Waals surface area contributed by atoms with E-state index in [2.05, 4.69) is 66.4 Å². The van der Waals surface area contributed by atoms with Gasteiger partial charge in [0.05, 0.1) is 5.69 Å². The molecule has 0 fully saturated rings. The molecule has 0 bridgehead atoms. The summed E-state index contributed by atoms with van der Waals surface area (Å²) >= 11 is 0. The van der Waals surface area contributed by atoms with Crippen LogP contribution in [0.5, 0.6) is 0 Å². The molecular weight excluding hydrogens is 358 g/mol. The number of carbonyl (C=O) groups excluding carboxylic acids is 1. The molecule has 2 aromatic carbocycles. The van der Waals surface area contributed by atoms with Crippen molar-refractivity contribution in [3.05, 3.63) is 71.8 Å². The molecule has 1 amide bonds. The fraction of sp³-hybridized carbons (Fsp3) is 0.320. The summed E-state index contributed by atoms with van der Waals surface area (Å²) in [6, 6.07) is 14.3. The minimum absolute atomic E-state index is 0.0874. The summed E-state index contributed by atoms with van der Waals surface area (Å²) in [5.74, 6) is 0.165. The summed E-state index contributed by atoms with van der Waals surface area (Å²) in [4.78, 5) is 21.7. The third kappa shape index (κ3) is 5.08. The van der Waals surface area contributed by atoms with E-state index in [0.717, 1.165) is 27.9 Å². The number of rotatable bonds is 4. The van der Waals surface area contributed by atoms with Gasteiger partial charge in [-0.1, -0.05) is 43.7 Å². The lowest BCUT2D eigenvalue weighted by atomic mass is 9.93. The second-order valence-electron chi connectivity index (χ2n) is 8.85. The summed E-state index contributed by atoms with van der Waals surface area (Å²) in [6.07, 6.45) is 3.41. The first-order valence-corrected chi connectivity index (χ1v) is 9.99. The van der Waals surface area contributed by atoms with Gasteiger partial charge in [0.15, 0.2) is 0 Å². The Kier molecular flexibility index (Phi) is 5.83. The van der Waals surface area contributed by atoms with E-state index in [1.807, 2.05) is 39.1 Å². The fourth-order valence-corrected chi connectivity index (χ4v) is 3.26. The van der Waals surface area contributed by atoms with Crippen molar-refractivity contribution in [1.82, 2.24) is 15.3 Å². The highest BCUT2D eigenvalue weighted by Gasteiger charge is 2.18. The second-order valence-corrected chi connectivity index (χ2v) is 8.85. The van der Waals surface area contributed by atoms with Crippen LogP contribution in [-0.2, 0) is 0 Å². The van der Waals surface area contributed by atoms with Gasteiger partial charge < -0.3 is 5.32 Å². The minimum atomic E-state index is -0.309. The van der Waals surface area contributed by atoms with Crippen molar-refractivity contribution in [2.75, 3.05) is 0 Å².